The molecule has 607 valence electrons. The van der Waals surface area contributed by atoms with Crippen LogP contribution >= 0.6 is 0 Å². The third kappa shape index (κ3) is 145. The van der Waals surface area contributed by atoms with Gasteiger partial charge in [-0.3, -0.25) is 4.79 Å². The Bertz CT molecular complexity index is 1810. The largest absolute Gasteiger partial charge is 1.00 e. The minimum absolute atomic E-state index is 0. The molecule has 0 saturated heterocycles. The Labute approximate surface area is 652 Å². The molecule has 0 bridgehead atoms. The van der Waals surface area contributed by atoms with Gasteiger partial charge in [-0.05, 0) is 213 Å². The maximum Gasteiger partial charge on any atom is 1.00 e. The van der Waals surface area contributed by atoms with Gasteiger partial charge in [-0.25, -0.2) is 38.5 Å². The molecule has 13 N–H and O–H groups in total. The molecular weight excluding hydrogens is 1330 g/mol. The number of carbonyl (C=O) groups excluding carboxylic acids is 7. The summed E-state index contributed by atoms with van der Waals surface area (Å²) in [6.45, 7) is 39.7. The molecule has 0 fully saturated rings. The SMILES string of the molecule is CC(=O)OOC(C)=O.CC(=O)[O-].CC(C)(C)OC(=O)NCCCCCC(=O)O.CC(C)(C)OC(=O)NCCCCCCN.CCCCCCCCCCNCCCCCCNC(=O)OC(C)(C)C.CCCCCCCCCCNCCCCCCNC(=O)OC(C)(C)C.NCCCCCCN.[B].[Na+]. The topological polar surface area (TPSA) is 385 Å². The van der Waals surface area contributed by atoms with Gasteiger partial charge in [0, 0.05) is 60.8 Å². The van der Waals surface area contributed by atoms with Gasteiger partial charge in [-0.15, -0.1) is 0 Å². The van der Waals surface area contributed by atoms with Gasteiger partial charge in [0.05, 0.1) is 0 Å². The Hall–Kier alpha value is -4.18. The first-order chi connectivity index (χ1) is 47.4. The fourth-order valence-electron chi connectivity index (χ4n) is 8.45. The van der Waals surface area contributed by atoms with Gasteiger partial charge in [0.15, 0.2) is 0 Å². The van der Waals surface area contributed by atoms with Crippen molar-refractivity contribution in [1.82, 2.24) is 31.9 Å². The zero-order valence-corrected chi connectivity index (χ0v) is 71.1. The van der Waals surface area contributed by atoms with Gasteiger partial charge in [0.25, 0.3) is 0 Å². The minimum atomic E-state index is -1.08. The molecule has 4 amide bonds. The molecule has 0 aliphatic heterocycles. The molecule has 0 aliphatic carbocycles. The summed E-state index contributed by atoms with van der Waals surface area (Å²) in [5.74, 6) is -3.14. The van der Waals surface area contributed by atoms with Gasteiger partial charge in [-0.2, -0.15) is 0 Å². The summed E-state index contributed by atoms with van der Waals surface area (Å²) >= 11 is 0. The van der Waals surface area contributed by atoms with Crippen molar-refractivity contribution in [2.24, 2.45) is 17.2 Å². The summed E-state index contributed by atoms with van der Waals surface area (Å²) < 4.78 is 20.5. The quantitative estimate of drug-likeness (QED) is 0.00889. The van der Waals surface area contributed by atoms with Gasteiger partial charge in [-0.1, -0.05) is 162 Å². The first-order valence-electron chi connectivity index (χ1n) is 38.6. The Balaban J connectivity index is -0.000000151. The van der Waals surface area contributed by atoms with Crippen LogP contribution in [0.2, 0.25) is 0 Å². The normalized spacial score (nSPS) is 10.5. The number of carboxylic acid groups (broad SMARTS) is 2. The fourth-order valence-corrected chi connectivity index (χ4v) is 8.45. The van der Waals surface area contributed by atoms with E-state index in [4.69, 9.17) is 51.2 Å². The van der Waals surface area contributed by atoms with Crippen LogP contribution in [0.1, 0.15) is 349 Å². The summed E-state index contributed by atoms with van der Waals surface area (Å²) in [6, 6.07) is 0. The number of hydrogen-bond acceptors (Lipinski definition) is 20. The van der Waals surface area contributed by atoms with E-state index >= 15 is 0 Å². The van der Waals surface area contributed by atoms with Gasteiger partial charge < -0.3 is 83.1 Å². The van der Waals surface area contributed by atoms with Crippen molar-refractivity contribution in [2.45, 2.75) is 371 Å². The second kappa shape index (κ2) is 86.7. The Morgan fingerprint density at radius 3 is 0.670 bits per heavy atom. The molecular formula is C76H158BN9NaO16. The molecule has 0 aromatic heterocycles. The van der Waals surface area contributed by atoms with Crippen molar-refractivity contribution in [3.05, 3.63) is 0 Å². The molecule has 0 saturated carbocycles. The molecule has 0 spiro atoms. The molecule has 0 aliphatic rings. The number of amides is 4. The summed E-state index contributed by atoms with van der Waals surface area (Å²) in [5, 5.41) is 35.3. The van der Waals surface area contributed by atoms with E-state index in [1.165, 1.54) is 141 Å². The van der Waals surface area contributed by atoms with Crippen molar-refractivity contribution >= 4 is 56.7 Å². The van der Waals surface area contributed by atoms with Crippen molar-refractivity contribution in [1.29, 1.82) is 0 Å². The predicted octanol–water partition coefficient (Wildman–Crippen LogP) is 11.7. The molecule has 0 rings (SSSR count). The smallest absolute Gasteiger partial charge is 0.550 e. The number of carbonyl (C=O) groups is 8. The van der Waals surface area contributed by atoms with E-state index in [1.54, 1.807) is 20.8 Å². The molecule has 0 aromatic carbocycles. The van der Waals surface area contributed by atoms with Crippen molar-refractivity contribution in [3.63, 3.8) is 0 Å². The third-order valence-corrected chi connectivity index (χ3v) is 13.3. The number of carboxylic acids is 2. The molecule has 103 heavy (non-hydrogen) atoms. The summed E-state index contributed by atoms with van der Waals surface area (Å²) in [5.41, 5.74) is 14.2. The van der Waals surface area contributed by atoms with Crippen molar-refractivity contribution < 1.29 is 107 Å². The second-order valence-electron chi connectivity index (χ2n) is 29.0. The van der Waals surface area contributed by atoms with Gasteiger partial charge in [0.2, 0.25) is 0 Å². The number of rotatable bonds is 49. The van der Waals surface area contributed by atoms with Crippen LogP contribution in [0.4, 0.5) is 19.2 Å². The predicted molar refractivity (Wildman–Crippen MR) is 415 cm³/mol. The minimum Gasteiger partial charge on any atom is -0.550 e. The molecule has 0 heterocycles. The van der Waals surface area contributed by atoms with Crippen LogP contribution in [0.25, 0.3) is 0 Å². The van der Waals surface area contributed by atoms with Crippen LogP contribution in [-0.2, 0) is 47.9 Å². The number of unbranched alkanes of at least 4 members (excludes halogenated alkanes) is 28. The number of nitrogens with one attached hydrogen (secondary N) is 6. The molecule has 0 unspecified atom stereocenters. The first kappa shape index (κ1) is 117. The monoisotopic (exact) mass is 1490 g/mol. The number of alkyl carbamates (subject to hydrolysis) is 4. The van der Waals surface area contributed by atoms with E-state index in [9.17, 15) is 33.6 Å². The van der Waals surface area contributed by atoms with Crippen LogP contribution in [0.5, 0.6) is 0 Å². The molecule has 3 radical (unpaired) electrons. The molecule has 25 nitrogen and oxygen atoms in total. The van der Waals surface area contributed by atoms with E-state index in [2.05, 4.69) is 55.5 Å². The average Bonchev–Trinajstić information content (AvgIpc) is 1.01. The Morgan fingerprint density at radius 1 is 0.320 bits per heavy atom. The molecule has 27 heteroatoms. The van der Waals surface area contributed by atoms with Crippen LogP contribution in [0.15, 0.2) is 0 Å². The number of hydrogen-bond donors (Lipinski definition) is 10. The zero-order valence-electron chi connectivity index (χ0n) is 69.1. The molecule has 0 atom stereocenters. The van der Waals surface area contributed by atoms with Crippen molar-refractivity contribution in [3.8, 4) is 0 Å². The van der Waals surface area contributed by atoms with Gasteiger partial charge >= 0.3 is 71.8 Å². The van der Waals surface area contributed by atoms with Crippen LogP contribution < -0.4 is 83.8 Å². The van der Waals surface area contributed by atoms with Gasteiger partial charge in [0.1, 0.15) is 22.4 Å². The third-order valence-electron chi connectivity index (χ3n) is 13.3. The summed E-state index contributed by atoms with van der Waals surface area (Å²) in [4.78, 5) is 91.7. The van der Waals surface area contributed by atoms with E-state index in [-0.39, 0.29) is 62.7 Å². The van der Waals surface area contributed by atoms with E-state index in [1.807, 2.05) is 62.3 Å². The second-order valence-corrected chi connectivity index (χ2v) is 29.0. The summed E-state index contributed by atoms with van der Waals surface area (Å²) in [6.07, 6.45) is 41.5. The fraction of sp³-hybridized carbons (Fsp3) is 0.895. The van der Waals surface area contributed by atoms with E-state index in [0.717, 1.165) is 144 Å². The van der Waals surface area contributed by atoms with Crippen LogP contribution in [0.3, 0.4) is 0 Å². The molecule has 0 aromatic rings. The standard InChI is InChI=1S/2C21H44N2O2.C11H24N2O2.C11H21NO4.C6H16N2.C4H6O4.C2H4O2.B.Na/c2*1-5-6-7-8-9-10-11-14-17-22-18-15-12-13-16-19-23-20(24)25-21(2,3)4;1-11(2,3)15-10(14)13-9-7-5-4-6-8-12;1-11(2,3)16-10(15)12-8-6-4-5-7-9(13)14;7-5-3-1-2-4-6-8;1-3(5)7-8-4(2)6;1-2(3)4;;/h2*22H,5-19H2,1-4H3,(H,23,24);4-9,12H2,1-3H3,(H,13,14);4-8H2,1-3H3,(H,12,15)(H,13,14);1-8H2;1-2H3;1H3,(H,3,4);;/q;;;;;;;;+1/p-1. The maximum absolute atomic E-state index is 11.5. The number of ether oxygens (including phenoxy) is 4. The van der Waals surface area contributed by atoms with Crippen molar-refractivity contribution in [2.75, 3.05) is 72.0 Å². The maximum atomic E-state index is 11.5. The first-order valence-corrected chi connectivity index (χ1v) is 38.6. The van der Waals surface area contributed by atoms with E-state index in [0.29, 0.717) is 32.6 Å². The number of nitrogens with two attached hydrogens (primary N) is 3. The van der Waals surface area contributed by atoms with Crippen LogP contribution in [0, 0.1) is 0 Å². The Kier molecular flexibility index (Phi) is 98.7. The number of aliphatic carboxylic acids is 2. The van der Waals surface area contributed by atoms with E-state index < -0.39 is 52.4 Å². The zero-order chi connectivity index (χ0) is 78.3. The van der Waals surface area contributed by atoms with Crippen LogP contribution in [-0.4, -0.2) is 156 Å². The Morgan fingerprint density at radius 2 is 0.495 bits per heavy atom. The average molecular weight is 1490 g/mol. The summed E-state index contributed by atoms with van der Waals surface area (Å²) in [7, 11) is 0.